The highest BCUT2D eigenvalue weighted by Crippen LogP contribution is 2.50. The molecule has 0 spiro atoms. The average Bonchev–Trinajstić information content (AvgIpc) is 3.33. The monoisotopic (exact) mass is 529 g/mol. The summed E-state index contributed by atoms with van der Waals surface area (Å²) in [5.41, 5.74) is 8.43. The second-order valence-electron chi connectivity index (χ2n) is 11.2. The van der Waals surface area contributed by atoms with Gasteiger partial charge in [-0.3, -0.25) is 9.63 Å². The van der Waals surface area contributed by atoms with E-state index < -0.39 is 0 Å². The molecule has 1 unspecified atom stereocenters. The number of carbonyl (C=O) groups is 1. The van der Waals surface area contributed by atoms with Crippen LogP contribution in [0, 0.1) is 0 Å². The fourth-order valence-corrected chi connectivity index (χ4v) is 6.60. The van der Waals surface area contributed by atoms with Crippen LogP contribution in [0.5, 0.6) is 0 Å². The van der Waals surface area contributed by atoms with Gasteiger partial charge in [-0.05, 0) is 70.8 Å². The van der Waals surface area contributed by atoms with Gasteiger partial charge in [0.2, 0.25) is 0 Å². The first kappa shape index (κ1) is 25.1. The zero-order valence-electron chi connectivity index (χ0n) is 22.8. The largest absolute Gasteiger partial charge is 0.368 e. The Bertz CT molecular complexity index is 1460. The van der Waals surface area contributed by atoms with Gasteiger partial charge in [0.1, 0.15) is 0 Å². The van der Waals surface area contributed by atoms with Crippen LogP contribution in [0.25, 0.3) is 11.1 Å². The van der Waals surface area contributed by atoms with E-state index in [4.69, 9.17) is 4.84 Å². The van der Waals surface area contributed by atoms with Crippen molar-refractivity contribution in [2.24, 2.45) is 0 Å². The van der Waals surface area contributed by atoms with Crippen LogP contribution in [0.2, 0.25) is 0 Å². The molecule has 2 heterocycles. The summed E-state index contributed by atoms with van der Waals surface area (Å²) in [7, 11) is 0. The number of carbonyl (C=O) groups excluding carboxylic acids is 1. The van der Waals surface area contributed by atoms with Crippen LogP contribution in [0.3, 0.4) is 0 Å². The summed E-state index contributed by atoms with van der Waals surface area (Å²) in [6.45, 7) is 4.73. The summed E-state index contributed by atoms with van der Waals surface area (Å²) in [6, 6.07) is 36.1. The van der Waals surface area contributed by atoms with Gasteiger partial charge in [0.05, 0.1) is 12.6 Å². The second-order valence-corrected chi connectivity index (χ2v) is 11.2. The molecule has 4 aromatic rings. The highest BCUT2D eigenvalue weighted by Gasteiger charge is 2.40. The molecule has 5 heteroatoms. The number of hydroxylamine groups is 2. The number of benzene rings is 4. The van der Waals surface area contributed by atoms with E-state index in [1.54, 1.807) is 0 Å². The standard InChI is InChI=1S/C35H35N3O2/c39-35(29-13-11-28(12-14-29)27-9-5-2-6-10-27)37-21-19-36(20-22-37)31-15-16-32-30-17-18-38(34(23-30)33(32)24-31)40-25-26-7-3-1-4-8-26/h1-16,24,30,34H,17-23,25H2/t30?,34-/m1/s1. The van der Waals surface area contributed by atoms with Gasteiger partial charge in [-0.1, -0.05) is 78.9 Å². The van der Waals surface area contributed by atoms with Gasteiger partial charge in [-0.25, -0.2) is 0 Å². The molecule has 40 heavy (non-hydrogen) atoms. The molecule has 2 aliphatic heterocycles. The van der Waals surface area contributed by atoms with Crippen molar-refractivity contribution in [2.45, 2.75) is 31.4 Å². The van der Waals surface area contributed by atoms with Crippen molar-refractivity contribution >= 4 is 11.6 Å². The van der Waals surface area contributed by atoms with E-state index in [9.17, 15) is 4.79 Å². The lowest BCUT2D eigenvalue weighted by Crippen LogP contribution is -2.48. The number of hydrogen-bond donors (Lipinski definition) is 0. The summed E-state index contributed by atoms with van der Waals surface area (Å²) < 4.78 is 0. The predicted octanol–water partition coefficient (Wildman–Crippen LogP) is 6.68. The third-order valence-corrected chi connectivity index (χ3v) is 8.83. The van der Waals surface area contributed by atoms with E-state index >= 15 is 0 Å². The Morgan fingerprint density at radius 1 is 0.725 bits per heavy atom. The molecule has 4 aromatic carbocycles. The van der Waals surface area contributed by atoms with Crippen molar-refractivity contribution in [2.75, 3.05) is 37.6 Å². The predicted molar refractivity (Wildman–Crippen MR) is 159 cm³/mol. The minimum atomic E-state index is 0.119. The van der Waals surface area contributed by atoms with Gasteiger partial charge < -0.3 is 9.80 Å². The number of anilines is 1. The molecule has 0 N–H and O–H groups in total. The normalized spacial score (nSPS) is 20.4. The number of nitrogens with zero attached hydrogens (tertiary/aromatic N) is 3. The molecule has 2 bridgehead atoms. The molecule has 5 nitrogen and oxygen atoms in total. The summed E-state index contributed by atoms with van der Waals surface area (Å²) in [5, 5.41) is 2.22. The fraction of sp³-hybridized carbons (Fsp3) is 0.286. The molecule has 7 rings (SSSR count). The van der Waals surface area contributed by atoms with Crippen LogP contribution in [0.1, 0.15) is 51.8 Å². The van der Waals surface area contributed by atoms with Crippen molar-refractivity contribution in [3.05, 3.63) is 125 Å². The van der Waals surface area contributed by atoms with Crippen molar-refractivity contribution < 1.29 is 9.63 Å². The number of hydrogen-bond acceptors (Lipinski definition) is 4. The number of amides is 1. The SMILES string of the molecule is O=C(c1ccc(-c2ccccc2)cc1)N1CCN(c2ccc3c(c2)[C@H]2CC3CCN2OCc2ccccc2)CC1. The molecule has 0 saturated carbocycles. The van der Waals surface area contributed by atoms with E-state index in [0.717, 1.165) is 56.7 Å². The lowest BCUT2D eigenvalue weighted by Gasteiger charge is -2.36. The number of piperidine rings is 1. The highest BCUT2D eigenvalue weighted by molar-refractivity contribution is 5.95. The maximum atomic E-state index is 13.3. The summed E-state index contributed by atoms with van der Waals surface area (Å²) in [5.74, 6) is 0.751. The Balaban J connectivity index is 0.995. The third-order valence-electron chi connectivity index (χ3n) is 8.83. The summed E-state index contributed by atoms with van der Waals surface area (Å²) in [4.78, 5) is 24.0. The Morgan fingerprint density at radius 2 is 1.43 bits per heavy atom. The fourth-order valence-electron chi connectivity index (χ4n) is 6.60. The Labute approximate surface area is 236 Å². The van der Waals surface area contributed by atoms with Crippen LogP contribution in [0.15, 0.2) is 103 Å². The Kier molecular flexibility index (Phi) is 6.84. The molecule has 3 aliphatic rings. The van der Waals surface area contributed by atoms with Gasteiger partial charge in [0.25, 0.3) is 5.91 Å². The van der Waals surface area contributed by atoms with Crippen molar-refractivity contribution in [1.29, 1.82) is 0 Å². The molecule has 1 amide bonds. The van der Waals surface area contributed by atoms with Gasteiger partial charge >= 0.3 is 0 Å². The maximum absolute atomic E-state index is 13.3. The topological polar surface area (TPSA) is 36.0 Å². The molecule has 0 radical (unpaired) electrons. The molecule has 2 atom stereocenters. The number of fused-ring (bicyclic) bond motifs is 5. The number of rotatable bonds is 6. The maximum Gasteiger partial charge on any atom is 0.253 e. The van der Waals surface area contributed by atoms with Gasteiger partial charge in [-0.15, -0.1) is 0 Å². The molecule has 0 aromatic heterocycles. The van der Waals surface area contributed by atoms with Crippen LogP contribution in [0.4, 0.5) is 5.69 Å². The van der Waals surface area contributed by atoms with Crippen molar-refractivity contribution in [1.82, 2.24) is 9.96 Å². The van der Waals surface area contributed by atoms with E-state index in [-0.39, 0.29) is 5.91 Å². The third kappa shape index (κ3) is 4.91. The quantitative estimate of drug-likeness (QED) is 0.279. The van der Waals surface area contributed by atoms with Gasteiger partial charge in [-0.2, -0.15) is 5.06 Å². The first-order valence-electron chi connectivity index (χ1n) is 14.5. The number of piperazine rings is 1. The Morgan fingerprint density at radius 3 is 2.17 bits per heavy atom. The molecular weight excluding hydrogens is 494 g/mol. The van der Waals surface area contributed by atoms with Crippen LogP contribution in [-0.2, 0) is 11.4 Å². The molecule has 2 saturated heterocycles. The zero-order chi connectivity index (χ0) is 26.9. The lowest BCUT2D eigenvalue weighted by atomic mass is 9.96. The van der Waals surface area contributed by atoms with Crippen molar-refractivity contribution in [3.8, 4) is 11.1 Å². The van der Waals surface area contributed by atoms with Crippen LogP contribution < -0.4 is 4.90 Å². The Hall–Kier alpha value is -3.93. The molecule has 202 valence electrons. The minimum Gasteiger partial charge on any atom is -0.368 e. The second kappa shape index (κ2) is 10.9. The first-order valence-corrected chi connectivity index (χ1v) is 14.5. The summed E-state index contributed by atoms with van der Waals surface area (Å²) >= 11 is 0. The average molecular weight is 530 g/mol. The van der Waals surface area contributed by atoms with E-state index in [0.29, 0.717) is 18.6 Å². The summed E-state index contributed by atoms with van der Waals surface area (Å²) in [6.07, 6.45) is 2.28. The first-order chi connectivity index (χ1) is 19.7. The highest BCUT2D eigenvalue weighted by atomic mass is 16.7. The lowest BCUT2D eigenvalue weighted by molar-refractivity contribution is -0.207. The van der Waals surface area contributed by atoms with Gasteiger partial charge in [0, 0.05) is 44.0 Å². The van der Waals surface area contributed by atoms with E-state index in [1.807, 2.05) is 53.4 Å². The van der Waals surface area contributed by atoms with E-state index in [1.165, 1.54) is 27.9 Å². The molecule has 2 fully saturated rings. The molecular formula is C35H35N3O2. The van der Waals surface area contributed by atoms with Crippen LogP contribution in [-0.4, -0.2) is 48.6 Å². The minimum absolute atomic E-state index is 0.119. The van der Waals surface area contributed by atoms with Gasteiger partial charge in [0.15, 0.2) is 0 Å². The smallest absolute Gasteiger partial charge is 0.253 e. The zero-order valence-corrected chi connectivity index (χ0v) is 22.8. The van der Waals surface area contributed by atoms with Crippen LogP contribution >= 0.6 is 0 Å². The van der Waals surface area contributed by atoms with E-state index in [2.05, 4.69) is 64.6 Å². The molecule has 1 aliphatic carbocycles. The van der Waals surface area contributed by atoms with Crippen molar-refractivity contribution in [3.63, 3.8) is 0 Å².